The summed E-state index contributed by atoms with van der Waals surface area (Å²) in [5.41, 5.74) is 8.12. The molecule has 0 atom stereocenters. The second kappa shape index (κ2) is 7.10. The number of nitrogens with two attached hydrogens (primary N) is 1. The van der Waals surface area contributed by atoms with E-state index in [1.54, 1.807) is 6.20 Å². The summed E-state index contributed by atoms with van der Waals surface area (Å²) in [7, 11) is 0. The third-order valence-corrected chi connectivity index (χ3v) is 3.62. The lowest BCUT2D eigenvalue weighted by Gasteiger charge is -2.27. The van der Waals surface area contributed by atoms with Crippen molar-refractivity contribution < 1.29 is 0 Å². The summed E-state index contributed by atoms with van der Waals surface area (Å²) in [6, 6.07) is 0. The van der Waals surface area contributed by atoms with E-state index in [0.29, 0.717) is 12.5 Å². The topological polar surface area (TPSA) is 70.3 Å². The van der Waals surface area contributed by atoms with Crippen LogP contribution in [0.1, 0.15) is 11.3 Å². The van der Waals surface area contributed by atoms with Gasteiger partial charge in [0.15, 0.2) is 5.96 Å². The quantitative estimate of drug-likeness (QED) is 0.468. The summed E-state index contributed by atoms with van der Waals surface area (Å²) < 4.78 is 0. The third-order valence-electron chi connectivity index (χ3n) is 2.68. The Kier molecular flexibility index (Phi) is 6.10. The molecular weight excluding hydrogens is 349 g/mol. The number of hydrogen-bond acceptors (Lipinski definition) is 3. The molecule has 2 heterocycles. The molecule has 7 heteroatoms. The molecule has 1 aliphatic rings. The highest BCUT2D eigenvalue weighted by Crippen LogP contribution is 2.09. The van der Waals surface area contributed by atoms with Gasteiger partial charge in [-0.3, -0.25) is 5.10 Å². The van der Waals surface area contributed by atoms with Crippen molar-refractivity contribution >= 4 is 41.7 Å². The SMILES string of the molecule is Cc1[nH]ncc1CN=C(N)N1CCSCC1.I. The van der Waals surface area contributed by atoms with Gasteiger partial charge >= 0.3 is 0 Å². The van der Waals surface area contributed by atoms with Crippen LogP contribution in [0.15, 0.2) is 11.2 Å². The molecular formula is C10H18IN5S. The van der Waals surface area contributed by atoms with Crippen molar-refractivity contribution in [2.24, 2.45) is 10.7 Å². The molecule has 96 valence electrons. The smallest absolute Gasteiger partial charge is 0.191 e. The van der Waals surface area contributed by atoms with E-state index in [1.165, 1.54) is 0 Å². The normalized spacial score (nSPS) is 16.8. The minimum absolute atomic E-state index is 0. The second-order valence-electron chi connectivity index (χ2n) is 3.79. The largest absolute Gasteiger partial charge is 0.370 e. The fourth-order valence-corrected chi connectivity index (χ4v) is 2.50. The van der Waals surface area contributed by atoms with E-state index in [-0.39, 0.29) is 24.0 Å². The maximum absolute atomic E-state index is 5.95. The summed E-state index contributed by atoms with van der Waals surface area (Å²) in [5, 5.41) is 6.86. The molecule has 0 spiro atoms. The zero-order valence-corrected chi connectivity index (χ0v) is 13.0. The second-order valence-corrected chi connectivity index (χ2v) is 5.02. The third kappa shape index (κ3) is 4.06. The average Bonchev–Trinajstić information content (AvgIpc) is 2.73. The van der Waals surface area contributed by atoms with Crippen molar-refractivity contribution in [2.45, 2.75) is 13.5 Å². The first-order valence-corrected chi connectivity index (χ1v) is 6.54. The fourth-order valence-electron chi connectivity index (χ4n) is 1.59. The van der Waals surface area contributed by atoms with Crippen LogP contribution in [0.3, 0.4) is 0 Å². The maximum atomic E-state index is 5.95. The zero-order valence-electron chi connectivity index (χ0n) is 9.85. The molecule has 2 rings (SSSR count). The van der Waals surface area contributed by atoms with Gasteiger partial charge in [0, 0.05) is 35.9 Å². The number of aromatic nitrogens is 2. The molecule has 1 aliphatic heterocycles. The van der Waals surface area contributed by atoms with Gasteiger partial charge in [-0.2, -0.15) is 16.9 Å². The van der Waals surface area contributed by atoms with Gasteiger partial charge in [0.25, 0.3) is 0 Å². The Morgan fingerprint density at radius 3 is 2.88 bits per heavy atom. The molecule has 1 saturated heterocycles. The Labute approximate surface area is 123 Å². The van der Waals surface area contributed by atoms with Crippen LogP contribution in [0.2, 0.25) is 0 Å². The summed E-state index contributed by atoms with van der Waals surface area (Å²) in [6.07, 6.45) is 1.80. The van der Waals surface area contributed by atoms with Gasteiger partial charge in [-0.15, -0.1) is 24.0 Å². The van der Waals surface area contributed by atoms with E-state index in [9.17, 15) is 0 Å². The van der Waals surface area contributed by atoms with Crippen molar-refractivity contribution in [1.82, 2.24) is 15.1 Å². The monoisotopic (exact) mass is 367 g/mol. The van der Waals surface area contributed by atoms with Crippen LogP contribution < -0.4 is 5.73 Å². The van der Waals surface area contributed by atoms with Gasteiger partial charge in [0.1, 0.15) is 0 Å². The number of thioether (sulfide) groups is 1. The summed E-state index contributed by atoms with van der Waals surface area (Å²) in [6.45, 7) is 4.61. The van der Waals surface area contributed by atoms with Crippen molar-refractivity contribution in [3.05, 3.63) is 17.5 Å². The van der Waals surface area contributed by atoms with Gasteiger partial charge < -0.3 is 10.6 Å². The molecule has 5 nitrogen and oxygen atoms in total. The Morgan fingerprint density at radius 1 is 1.59 bits per heavy atom. The summed E-state index contributed by atoms with van der Waals surface area (Å²) >= 11 is 1.97. The fraction of sp³-hybridized carbons (Fsp3) is 0.600. The molecule has 0 aliphatic carbocycles. The number of nitrogens with zero attached hydrogens (tertiary/aromatic N) is 3. The van der Waals surface area contributed by atoms with E-state index >= 15 is 0 Å². The number of guanidine groups is 1. The van der Waals surface area contributed by atoms with Crippen LogP contribution in [-0.2, 0) is 6.54 Å². The molecule has 0 bridgehead atoms. The first kappa shape index (κ1) is 14.6. The van der Waals surface area contributed by atoms with E-state index in [1.807, 2.05) is 18.7 Å². The van der Waals surface area contributed by atoms with Gasteiger partial charge in [0.2, 0.25) is 0 Å². The number of aryl methyl sites for hydroxylation is 1. The Bertz CT molecular complexity index is 373. The molecule has 0 radical (unpaired) electrons. The highest BCUT2D eigenvalue weighted by Gasteiger charge is 2.12. The lowest BCUT2D eigenvalue weighted by Crippen LogP contribution is -2.42. The highest BCUT2D eigenvalue weighted by atomic mass is 127. The number of rotatable bonds is 2. The predicted molar refractivity (Wildman–Crippen MR) is 83.0 cm³/mol. The van der Waals surface area contributed by atoms with E-state index < -0.39 is 0 Å². The molecule has 0 unspecified atom stereocenters. The number of hydrogen-bond donors (Lipinski definition) is 2. The Hall–Kier alpha value is -0.440. The molecule has 17 heavy (non-hydrogen) atoms. The van der Waals surface area contributed by atoms with Crippen LogP contribution in [0.25, 0.3) is 0 Å². The minimum Gasteiger partial charge on any atom is -0.370 e. The summed E-state index contributed by atoms with van der Waals surface area (Å²) in [4.78, 5) is 6.55. The molecule has 0 saturated carbocycles. The average molecular weight is 367 g/mol. The molecule has 1 fully saturated rings. The standard InChI is InChI=1S/C10H17N5S.HI/c1-8-9(7-13-14-8)6-12-10(11)15-2-4-16-5-3-15;/h7H,2-6H2,1H3,(H2,11,12)(H,13,14);1H. The van der Waals surface area contributed by atoms with E-state index in [2.05, 4.69) is 20.1 Å². The van der Waals surface area contributed by atoms with Crippen LogP contribution in [0.5, 0.6) is 0 Å². The Morgan fingerprint density at radius 2 is 2.29 bits per heavy atom. The number of H-pyrrole nitrogens is 1. The maximum Gasteiger partial charge on any atom is 0.191 e. The first-order chi connectivity index (χ1) is 7.77. The predicted octanol–water partition coefficient (Wildman–Crippen LogP) is 1.20. The van der Waals surface area contributed by atoms with Crippen LogP contribution in [0.4, 0.5) is 0 Å². The van der Waals surface area contributed by atoms with Gasteiger partial charge in [-0.05, 0) is 6.92 Å². The highest BCUT2D eigenvalue weighted by molar-refractivity contribution is 14.0. The lowest BCUT2D eigenvalue weighted by atomic mass is 10.3. The van der Waals surface area contributed by atoms with Crippen molar-refractivity contribution in [3.8, 4) is 0 Å². The molecule has 1 aromatic rings. The Balaban J connectivity index is 0.00000144. The summed E-state index contributed by atoms with van der Waals surface area (Å²) in [5.74, 6) is 2.93. The number of aromatic amines is 1. The minimum atomic E-state index is 0. The molecule has 0 aromatic carbocycles. The van der Waals surface area contributed by atoms with Crippen LogP contribution in [0, 0.1) is 6.92 Å². The molecule has 1 aromatic heterocycles. The first-order valence-electron chi connectivity index (χ1n) is 5.39. The zero-order chi connectivity index (χ0) is 11.4. The van der Waals surface area contributed by atoms with Crippen LogP contribution >= 0.6 is 35.7 Å². The lowest BCUT2D eigenvalue weighted by molar-refractivity contribution is 0.455. The van der Waals surface area contributed by atoms with Crippen molar-refractivity contribution in [3.63, 3.8) is 0 Å². The van der Waals surface area contributed by atoms with Gasteiger partial charge in [-0.25, -0.2) is 4.99 Å². The van der Waals surface area contributed by atoms with Gasteiger partial charge in [-0.1, -0.05) is 0 Å². The van der Waals surface area contributed by atoms with Gasteiger partial charge in [0.05, 0.1) is 12.7 Å². The van der Waals surface area contributed by atoms with E-state index in [4.69, 9.17) is 5.73 Å². The van der Waals surface area contributed by atoms with Crippen LogP contribution in [-0.4, -0.2) is 45.7 Å². The number of nitrogens with one attached hydrogen (secondary N) is 1. The molecule has 3 N–H and O–H groups in total. The molecule has 0 amide bonds. The number of aliphatic imine (C=N–C) groups is 1. The number of halogens is 1. The van der Waals surface area contributed by atoms with Crippen molar-refractivity contribution in [1.29, 1.82) is 0 Å². The van der Waals surface area contributed by atoms with Crippen molar-refractivity contribution in [2.75, 3.05) is 24.6 Å². The van der Waals surface area contributed by atoms with E-state index in [0.717, 1.165) is 35.9 Å².